The van der Waals surface area contributed by atoms with E-state index in [0.29, 0.717) is 24.6 Å². The normalized spacial score (nSPS) is 18.9. The number of nitrogens with zero attached hydrogens (tertiary/aromatic N) is 2. The van der Waals surface area contributed by atoms with Crippen molar-refractivity contribution < 1.29 is 14.3 Å². The van der Waals surface area contributed by atoms with Crippen LogP contribution in [0.3, 0.4) is 0 Å². The highest BCUT2D eigenvalue weighted by Gasteiger charge is 2.34. The number of hydrogen-bond acceptors (Lipinski definition) is 4. The SMILES string of the molecule is CCOC(=O)C1CSCCN1C(=O)c1cc(Br)cn1C. The Bertz CT molecular complexity index is 518. The monoisotopic (exact) mass is 360 g/mol. The molecule has 0 aromatic carbocycles. The van der Waals surface area contributed by atoms with Gasteiger partial charge in [-0.05, 0) is 28.9 Å². The smallest absolute Gasteiger partial charge is 0.329 e. The van der Waals surface area contributed by atoms with Gasteiger partial charge < -0.3 is 14.2 Å². The molecule has 0 bridgehead atoms. The third-order valence-electron chi connectivity index (χ3n) is 3.14. The Kier molecular flexibility index (Phi) is 5.15. The molecule has 1 unspecified atom stereocenters. The molecule has 110 valence electrons. The summed E-state index contributed by atoms with van der Waals surface area (Å²) in [6.45, 7) is 2.67. The maximum absolute atomic E-state index is 12.6. The number of aryl methyl sites for hydroxylation is 1. The maximum atomic E-state index is 12.6. The first-order valence-corrected chi connectivity index (χ1v) is 8.36. The van der Waals surface area contributed by atoms with E-state index in [1.807, 2.05) is 13.2 Å². The van der Waals surface area contributed by atoms with E-state index in [1.54, 1.807) is 34.2 Å². The summed E-state index contributed by atoms with van der Waals surface area (Å²) in [5, 5.41) is 0. The molecule has 7 heteroatoms. The summed E-state index contributed by atoms with van der Waals surface area (Å²) in [5.41, 5.74) is 0.568. The van der Waals surface area contributed by atoms with Crippen LogP contribution in [0.15, 0.2) is 16.7 Å². The number of esters is 1. The largest absolute Gasteiger partial charge is 0.464 e. The van der Waals surface area contributed by atoms with E-state index in [2.05, 4.69) is 15.9 Å². The van der Waals surface area contributed by atoms with Crippen molar-refractivity contribution >= 4 is 39.6 Å². The Morgan fingerprint density at radius 2 is 2.30 bits per heavy atom. The first-order valence-electron chi connectivity index (χ1n) is 6.41. The van der Waals surface area contributed by atoms with Gasteiger partial charge in [0.15, 0.2) is 0 Å². The molecule has 20 heavy (non-hydrogen) atoms. The van der Waals surface area contributed by atoms with Crippen molar-refractivity contribution in [1.82, 2.24) is 9.47 Å². The van der Waals surface area contributed by atoms with Crippen LogP contribution in [0.4, 0.5) is 0 Å². The molecule has 2 rings (SSSR count). The minimum absolute atomic E-state index is 0.128. The van der Waals surface area contributed by atoms with E-state index in [0.717, 1.165) is 10.2 Å². The third-order valence-corrected chi connectivity index (χ3v) is 4.60. The molecule has 1 amide bonds. The highest BCUT2D eigenvalue weighted by atomic mass is 79.9. The summed E-state index contributed by atoms with van der Waals surface area (Å²) < 4.78 is 7.68. The fraction of sp³-hybridized carbons (Fsp3) is 0.538. The summed E-state index contributed by atoms with van der Waals surface area (Å²) in [6, 6.07) is 1.28. The minimum atomic E-state index is -0.491. The van der Waals surface area contributed by atoms with E-state index in [1.165, 1.54) is 0 Å². The molecule has 1 aromatic heterocycles. The van der Waals surface area contributed by atoms with E-state index >= 15 is 0 Å². The van der Waals surface area contributed by atoms with Gasteiger partial charge in [-0.15, -0.1) is 0 Å². The van der Waals surface area contributed by atoms with Crippen molar-refractivity contribution in [2.75, 3.05) is 24.7 Å². The van der Waals surface area contributed by atoms with Gasteiger partial charge in [0.25, 0.3) is 5.91 Å². The first-order chi connectivity index (χ1) is 9.54. The number of ether oxygens (including phenoxy) is 1. The van der Waals surface area contributed by atoms with Gasteiger partial charge in [-0.1, -0.05) is 0 Å². The van der Waals surface area contributed by atoms with Crippen molar-refractivity contribution in [2.45, 2.75) is 13.0 Å². The van der Waals surface area contributed by atoms with Crippen LogP contribution in [0, 0.1) is 0 Å². The fourth-order valence-corrected chi connectivity index (χ4v) is 3.72. The lowest BCUT2D eigenvalue weighted by molar-refractivity contribution is -0.147. The van der Waals surface area contributed by atoms with Crippen LogP contribution in [0.2, 0.25) is 0 Å². The van der Waals surface area contributed by atoms with Crippen LogP contribution >= 0.6 is 27.7 Å². The number of rotatable bonds is 3. The average molecular weight is 361 g/mol. The minimum Gasteiger partial charge on any atom is -0.464 e. The Morgan fingerprint density at radius 1 is 1.55 bits per heavy atom. The van der Waals surface area contributed by atoms with Crippen molar-refractivity contribution in [3.05, 3.63) is 22.4 Å². The van der Waals surface area contributed by atoms with Gasteiger partial charge in [0.1, 0.15) is 11.7 Å². The lowest BCUT2D eigenvalue weighted by atomic mass is 10.2. The zero-order valence-corrected chi connectivity index (χ0v) is 13.9. The van der Waals surface area contributed by atoms with Gasteiger partial charge in [-0.2, -0.15) is 11.8 Å². The van der Waals surface area contributed by atoms with Gasteiger partial charge in [0, 0.05) is 35.8 Å². The van der Waals surface area contributed by atoms with Crippen molar-refractivity contribution in [3.8, 4) is 0 Å². The standard InChI is InChI=1S/C13H17BrN2O3S/c1-3-19-13(18)11-8-20-5-4-16(11)12(17)10-6-9(14)7-15(10)2/h6-7,11H,3-5,8H2,1-2H3. The van der Waals surface area contributed by atoms with Gasteiger partial charge >= 0.3 is 5.97 Å². The Hall–Kier alpha value is -0.950. The van der Waals surface area contributed by atoms with Crippen molar-refractivity contribution in [2.24, 2.45) is 7.05 Å². The summed E-state index contributed by atoms with van der Waals surface area (Å²) >= 11 is 5.03. The second-order valence-electron chi connectivity index (χ2n) is 4.50. The van der Waals surface area contributed by atoms with Gasteiger partial charge in [-0.25, -0.2) is 4.79 Å². The molecule has 0 radical (unpaired) electrons. The summed E-state index contributed by atoms with van der Waals surface area (Å²) in [6.07, 6.45) is 1.82. The molecule has 1 aliphatic rings. The molecule has 0 spiro atoms. The van der Waals surface area contributed by atoms with Gasteiger partial charge in [0.05, 0.1) is 6.61 Å². The zero-order valence-electron chi connectivity index (χ0n) is 11.5. The second kappa shape index (κ2) is 6.67. The number of halogens is 1. The van der Waals surface area contributed by atoms with Gasteiger partial charge in [-0.3, -0.25) is 4.79 Å². The molecule has 1 saturated heterocycles. The molecule has 2 heterocycles. The average Bonchev–Trinajstić information content (AvgIpc) is 2.77. The predicted octanol–water partition coefficient (Wildman–Crippen LogP) is 1.91. The highest BCUT2D eigenvalue weighted by molar-refractivity contribution is 9.10. The molecule has 0 aliphatic carbocycles. The molecule has 1 fully saturated rings. The Labute approximate surface area is 130 Å². The highest BCUT2D eigenvalue weighted by Crippen LogP contribution is 2.22. The van der Waals surface area contributed by atoms with Crippen LogP contribution in [0.25, 0.3) is 0 Å². The fourth-order valence-electron chi connectivity index (χ4n) is 2.16. The van der Waals surface area contributed by atoms with Crippen molar-refractivity contribution in [3.63, 3.8) is 0 Å². The van der Waals surface area contributed by atoms with Crippen LogP contribution in [0.1, 0.15) is 17.4 Å². The number of carbonyl (C=O) groups excluding carboxylic acids is 2. The van der Waals surface area contributed by atoms with Crippen LogP contribution in [-0.4, -0.2) is 52.0 Å². The summed E-state index contributed by atoms with van der Waals surface area (Å²) in [5.74, 6) is 0.988. The Balaban J connectivity index is 2.21. The zero-order chi connectivity index (χ0) is 14.7. The van der Waals surface area contributed by atoms with E-state index in [4.69, 9.17) is 4.74 Å². The van der Waals surface area contributed by atoms with Crippen LogP contribution < -0.4 is 0 Å². The van der Waals surface area contributed by atoms with Crippen molar-refractivity contribution in [1.29, 1.82) is 0 Å². The predicted molar refractivity (Wildman–Crippen MR) is 81.9 cm³/mol. The lowest BCUT2D eigenvalue weighted by Gasteiger charge is -2.33. The quantitative estimate of drug-likeness (QED) is 0.772. The molecular formula is C13H17BrN2O3S. The first kappa shape index (κ1) is 15.4. The van der Waals surface area contributed by atoms with E-state index in [9.17, 15) is 9.59 Å². The van der Waals surface area contributed by atoms with E-state index in [-0.39, 0.29) is 11.9 Å². The molecule has 0 saturated carbocycles. The topological polar surface area (TPSA) is 51.5 Å². The van der Waals surface area contributed by atoms with Gasteiger partial charge in [0.2, 0.25) is 0 Å². The molecule has 1 aliphatic heterocycles. The van der Waals surface area contributed by atoms with Crippen LogP contribution in [-0.2, 0) is 16.6 Å². The molecule has 0 N–H and O–H groups in total. The number of amides is 1. The number of hydrogen-bond donors (Lipinski definition) is 0. The van der Waals surface area contributed by atoms with E-state index < -0.39 is 6.04 Å². The molecule has 1 atom stereocenters. The maximum Gasteiger partial charge on any atom is 0.329 e. The lowest BCUT2D eigenvalue weighted by Crippen LogP contribution is -2.51. The summed E-state index contributed by atoms with van der Waals surface area (Å²) in [7, 11) is 1.82. The number of carbonyl (C=O) groups is 2. The summed E-state index contributed by atoms with van der Waals surface area (Å²) in [4.78, 5) is 26.2. The second-order valence-corrected chi connectivity index (χ2v) is 6.56. The number of aromatic nitrogens is 1. The third kappa shape index (κ3) is 3.20. The number of thioether (sulfide) groups is 1. The molecular weight excluding hydrogens is 344 g/mol. The van der Waals surface area contributed by atoms with Crippen LogP contribution in [0.5, 0.6) is 0 Å². The molecule has 1 aromatic rings. The Morgan fingerprint density at radius 3 is 2.90 bits per heavy atom. The molecule has 5 nitrogen and oxygen atoms in total.